The molecule has 0 aliphatic rings. The molecule has 0 atom stereocenters. The quantitative estimate of drug-likeness (QED) is 0.742. The van der Waals surface area contributed by atoms with Gasteiger partial charge in [0.25, 0.3) is 5.91 Å². The van der Waals surface area contributed by atoms with Gasteiger partial charge in [0.05, 0.1) is 26.3 Å². The number of halogens is 1. The van der Waals surface area contributed by atoms with Crippen molar-refractivity contribution in [2.75, 3.05) is 18.4 Å². The maximum absolute atomic E-state index is 12.7. The molecule has 0 aliphatic heterocycles. The molecule has 6 nitrogen and oxygen atoms in total. The molecule has 2 aromatic rings. The lowest BCUT2D eigenvalue weighted by atomic mass is 10.3. The number of amides is 1. The first-order valence-electron chi connectivity index (χ1n) is 8.31. The lowest BCUT2D eigenvalue weighted by Gasteiger charge is -2.19. The zero-order chi connectivity index (χ0) is 19.5. The summed E-state index contributed by atoms with van der Waals surface area (Å²) in [6.07, 6.45) is 0.747. The van der Waals surface area contributed by atoms with E-state index in [1.54, 1.807) is 20.8 Å². The van der Waals surface area contributed by atoms with Crippen LogP contribution in [0.1, 0.15) is 41.1 Å². The van der Waals surface area contributed by atoms with Crippen LogP contribution in [0.3, 0.4) is 0 Å². The van der Waals surface area contributed by atoms with Crippen molar-refractivity contribution in [1.29, 1.82) is 0 Å². The molecule has 1 N–H and O–H groups in total. The summed E-state index contributed by atoms with van der Waals surface area (Å²) in [6.45, 7) is 8.02. The zero-order valence-electron chi connectivity index (χ0n) is 15.2. The number of carbonyl (C=O) groups excluding carboxylic acids is 1. The number of thiazole rings is 1. The van der Waals surface area contributed by atoms with Gasteiger partial charge in [-0.25, -0.2) is 13.4 Å². The standard InChI is InChI=1S/C17H22ClN3O3S2/c1-5-15-19-11(4)16(25-15)17(22)20-14-10-12(8-9-13(14)18)26(23,24)21(6-2)7-3/h8-10H,5-7H2,1-4H3,(H,20,22). The third kappa shape index (κ3) is 4.25. The lowest BCUT2D eigenvalue weighted by Crippen LogP contribution is -2.30. The molecule has 26 heavy (non-hydrogen) atoms. The lowest BCUT2D eigenvalue weighted by molar-refractivity contribution is 0.102. The highest BCUT2D eigenvalue weighted by Gasteiger charge is 2.23. The second kappa shape index (κ2) is 8.47. The SMILES string of the molecule is CCc1nc(C)c(C(=O)Nc2cc(S(=O)(=O)N(CC)CC)ccc2Cl)s1. The summed E-state index contributed by atoms with van der Waals surface area (Å²) in [7, 11) is -3.64. The molecular formula is C17H22ClN3O3S2. The van der Waals surface area contributed by atoms with Gasteiger partial charge in [0.2, 0.25) is 10.0 Å². The Labute approximate surface area is 163 Å². The monoisotopic (exact) mass is 415 g/mol. The highest BCUT2D eigenvalue weighted by atomic mass is 35.5. The number of rotatable bonds is 7. The Balaban J connectivity index is 2.35. The average molecular weight is 416 g/mol. The van der Waals surface area contributed by atoms with Crippen LogP contribution in [0.25, 0.3) is 0 Å². The van der Waals surface area contributed by atoms with Crippen LogP contribution in [-0.2, 0) is 16.4 Å². The number of aromatic nitrogens is 1. The van der Waals surface area contributed by atoms with Crippen molar-refractivity contribution in [3.63, 3.8) is 0 Å². The van der Waals surface area contributed by atoms with E-state index in [0.717, 1.165) is 11.4 Å². The maximum atomic E-state index is 12.7. The van der Waals surface area contributed by atoms with Gasteiger partial charge in [0.15, 0.2) is 0 Å². The average Bonchev–Trinajstić information content (AvgIpc) is 2.98. The maximum Gasteiger partial charge on any atom is 0.267 e. The predicted molar refractivity (Wildman–Crippen MR) is 106 cm³/mol. The second-order valence-corrected chi connectivity index (χ2v) is 8.99. The molecule has 142 valence electrons. The number of nitrogens with one attached hydrogen (secondary N) is 1. The van der Waals surface area contributed by atoms with Crippen LogP contribution in [0.4, 0.5) is 5.69 Å². The van der Waals surface area contributed by atoms with E-state index in [-0.39, 0.29) is 21.5 Å². The molecule has 0 fully saturated rings. The molecule has 0 aliphatic carbocycles. The van der Waals surface area contributed by atoms with Crippen LogP contribution in [0.5, 0.6) is 0 Å². The normalized spacial score (nSPS) is 11.8. The van der Waals surface area contributed by atoms with Gasteiger partial charge in [0, 0.05) is 13.1 Å². The van der Waals surface area contributed by atoms with Gasteiger partial charge in [-0.05, 0) is 31.5 Å². The smallest absolute Gasteiger partial charge is 0.267 e. The summed E-state index contributed by atoms with van der Waals surface area (Å²) in [6, 6.07) is 4.31. The predicted octanol–water partition coefficient (Wildman–Crippen LogP) is 3.95. The Kier molecular flexibility index (Phi) is 6.79. The Morgan fingerprint density at radius 2 is 1.92 bits per heavy atom. The number of nitrogens with zero attached hydrogens (tertiary/aromatic N) is 2. The van der Waals surface area contributed by atoms with E-state index >= 15 is 0 Å². The summed E-state index contributed by atoms with van der Waals surface area (Å²) in [4.78, 5) is 17.5. The Hall–Kier alpha value is -1.48. The molecule has 0 bridgehead atoms. The molecule has 1 amide bonds. The number of carbonyl (C=O) groups is 1. The first-order chi connectivity index (χ1) is 12.2. The van der Waals surface area contributed by atoms with Gasteiger partial charge >= 0.3 is 0 Å². The first-order valence-corrected chi connectivity index (χ1v) is 10.9. The fourth-order valence-electron chi connectivity index (χ4n) is 2.47. The molecule has 1 heterocycles. The van der Waals surface area contributed by atoms with E-state index in [1.165, 1.54) is 33.8 Å². The number of anilines is 1. The van der Waals surface area contributed by atoms with E-state index in [9.17, 15) is 13.2 Å². The molecule has 0 radical (unpaired) electrons. The van der Waals surface area contributed by atoms with E-state index in [0.29, 0.717) is 23.7 Å². The number of hydrogen-bond donors (Lipinski definition) is 1. The van der Waals surface area contributed by atoms with E-state index in [4.69, 9.17) is 11.6 Å². The molecule has 0 spiro atoms. The summed E-state index contributed by atoms with van der Waals surface area (Å²) < 4.78 is 26.7. The highest BCUT2D eigenvalue weighted by Crippen LogP contribution is 2.28. The van der Waals surface area contributed by atoms with Crippen LogP contribution >= 0.6 is 22.9 Å². The van der Waals surface area contributed by atoms with Gasteiger partial charge in [0.1, 0.15) is 4.88 Å². The van der Waals surface area contributed by atoms with Crippen molar-refractivity contribution in [3.05, 3.63) is 38.8 Å². The summed E-state index contributed by atoms with van der Waals surface area (Å²) in [5.74, 6) is -0.348. The molecule has 1 aromatic carbocycles. The van der Waals surface area contributed by atoms with Crippen LogP contribution in [-0.4, -0.2) is 36.7 Å². The highest BCUT2D eigenvalue weighted by molar-refractivity contribution is 7.89. The van der Waals surface area contributed by atoms with Crippen molar-refractivity contribution < 1.29 is 13.2 Å². The van der Waals surface area contributed by atoms with Gasteiger partial charge in [-0.15, -0.1) is 11.3 Å². The summed E-state index contributed by atoms with van der Waals surface area (Å²) >= 11 is 7.48. The number of hydrogen-bond acceptors (Lipinski definition) is 5. The van der Waals surface area contributed by atoms with Crippen LogP contribution in [0, 0.1) is 6.92 Å². The van der Waals surface area contributed by atoms with Gasteiger partial charge in [-0.2, -0.15) is 4.31 Å². The minimum absolute atomic E-state index is 0.0937. The third-order valence-electron chi connectivity index (χ3n) is 3.88. The molecule has 0 saturated heterocycles. The third-order valence-corrected chi connectivity index (χ3v) is 7.55. The zero-order valence-corrected chi connectivity index (χ0v) is 17.6. The number of sulfonamides is 1. The summed E-state index contributed by atoms with van der Waals surface area (Å²) in [5.41, 5.74) is 0.906. The Bertz CT molecular complexity index is 906. The van der Waals surface area contributed by atoms with Crippen LogP contribution in [0.2, 0.25) is 5.02 Å². The van der Waals surface area contributed by atoms with Crippen molar-refractivity contribution in [2.24, 2.45) is 0 Å². The van der Waals surface area contributed by atoms with E-state index in [2.05, 4.69) is 10.3 Å². The molecule has 9 heteroatoms. The van der Waals surface area contributed by atoms with Gasteiger partial charge in [-0.1, -0.05) is 32.4 Å². The molecular weight excluding hydrogens is 394 g/mol. The largest absolute Gasteiger partial charge is 0.320 e. The van der Waals surface area contributed by atoms with Gasteiger partial charge < -0.3 is 5.32 Å². The number of aryl methyl sites for hydroxylation is 2. The molecule has 0 unspecified atom stereocenters. The minimum atomic E-state index is -3.64. The molecule has 2 rings (SSSR count). The fraction of sp³-hybridized carbons (Fsp3) is 0.412. The van der Waals surface area contributed by atoms with Crippen LogP contribution in [0.15, 0.2) is 23.1 Å². The summed E-state index contributed by atoms with van der Waals surface area (Å²) in [5, 5.41) is 3.85. The molecule has 1 aromatic heterocycles. The van der Waals surface area contributed by atoms with Crippen molar-refractivity contribution in [2.45, 2.75) is 39.0 Å². The van der Waals surface area contributed by atoms with E-state index in [1.807, 2.05) is 6.92 Å². The van der Waals surface area contributed by atoms with Crippen molar-refractivity contribution >= 4 is 44.6 Å². The van der Waals surface area contributed by atoms with Crippen molar-refractivity contribution in [3.8, 4) is 0 Å². The van der Waals surface area contributed by atoms with Gasteiger partial charge in [-0.3, -0.25) is 4.79 Å². The second-order valence-electron chi connectivity index (χ2n) is 5.56. The minimum Gasteiger partial charge on any atom is -0.320 e. The Morgan fingerprint density at radius 1 is 1.27 bits per heavy atom. The first kappa shape index (κ1) is 20.8. The van der Waals surface area contributed by atoms with E-state index < -0.39 is 10.0 Å². The Morgan fingerprint density at radius 3 is 2.46 bits per heavy atom. The van der Waals surface area contributed by atoms with Crippen molar-refractivity contribution in [1.82, 2.24) is 9.29 Å². The number of benzene rings is 1. The topological polar surface area (TPSA) is 79.4 Å². The molecule has 0 saturated carbocycles. The van der Waals surface area contributed by atoms with Crippen LogP contribution < -0.4 is 5.32 Å². The fourth-order valence-corrected chi connectivity index (χ4v) is 5.02.